The van der Waals surface area contributed by atoms with E-state index in [1.54, 1.807) is 0 Å². The highest BCUT2D eigenvalue weighted by atomic mass is 16.3. The number of nitrogens with two attached hydrogens (primary N) is 1. The minimum Gasteiger partial charge on any atom is -0.396 e. The van der Waals surface area contributed by atoms with E-state index in [0.717, 1.165) is 5.69 Å². The van der Waals surface area contributed by atoms with Gasteiger partial charge < -0.3 is 16.2 Å². The highest BCUT2D eigenvalue weighted by molar-refractivity contribution is 5.97. The molecule has 1 rings (SSSR count). The second-order valence-corrected chi connectivity index (χ2v) is 5.87. The van der Waals surface area contributed by atoms with Crippen molar-refractivity contribution in [2.24, 2.45) is 5.41 Å². The van der Waals surface area contributed by atoms with Crippen LogP contribution >= 0.6 is 0 Å². The molecule has 5 N–H and O–H groups in total. The standard InChI is InChI=1S/C13H24N4O2/c1-8(2)10-9(14)11(17-16-10)12(19)15-7-13(3,4)5-6-18/h8,18H,5-7,14H2,1-4H3,(H,15,19)(H,16,17). The molecule has 0 bridgehead atoms. The van der Waals surface area contributed by atoms with E-state index < -0.39 is 0 Å². The number of aliphatic hydroxyl groups excluding tert-OH is 1. The van der Waals surface area contributed by atoms with Gasteiger partial charge in [-0.05, 0) is 17.8 Å². The number of anilines is 1. The zero-order valence-electron chi connectivity index (χ0n) is 12.1. The van der Waals surface area contributed by atoms with Gasteiger partial charge >= 0.3 is 0 Å². The van der Waals surface area contributed by atoms with Gasteiger partial charge in [0, 0.05) is 13.2 Å². The number of hydrogen-bond acceptors (Lipinski definition) is 4. The van der Waals surface area contributed by atoms with Crippen LogP contribution in [0.1, 0.15) is 56.2 Å². The summed E-state index contributed by atoms with van der Waals surface area (Å²) in [5.74, 6) is -0.0912. The van der Waals surface area contributed by atoms with E-state index in [0.29, 0.717) is 18.7 Å². The first-order chi connectivity index (χ1) is 8.78. The molecule has 0 saturated heterocycles. The van der Waals surface area contributed by atoms with E-state index in [9.17, 15) is 4.79 Å². The maximum atomic E-state index is 12.0. The molecule has 6 heteroatoms. The number of carbonyl (C=O) groups is 1. The zero-order chi connectivity index (χ0) is 14.6. The number of nitrogen functional groups attached to an aromatic ring is 1. The smallest absolute Gasteiger partial charge is 0.273 e. The van der Waals surface area contributed by atoms with Crippen LogP contribution in [0.4, 0.5) is 5.69 Å². The Morgan fingerprint density at radius 1 is 1.53 bits per heavy atom. The van der Waals surface area contributed by atoms with Gasteiger partial charge in [0.15, 0.2) is 5.69 Å². The quantitative estimate of drug-likeness (QED) is 0.623. The van der Waals surface area contributed by atoms with Crippen molar-refractivity contribution < 1.29 is 9.90 Å². The van der Waals surface area contributed by atoms with Crippen molar-refractivity contribution >= 4 is 11.6 Å². The van der Waals surface area contributed by atoms with E-state index in [-0.39, 0.29) is 29.5 Å². The molecular weight excluding hydrogens is 244 g/mol. The van der Waals surface area contributed by atoms with Crippen LogP contribution in [0.2, 0.25) is 0 Å². The Morgan fingerprint density at radius 2 is 2.16 bits per heavy atom. The second-order valence-electron chi connectivity index (χ2n) is 5.87. The van der Waals surface area contributed by atoms with Crippen molar-refractivity contribution in [1.82, 2.24) is 15.5 Å². The lowest BCUT2D eigenvalue weighted by Crippen LogP contribution is -2.35. The van der Waals surface area contributed by atoms with Gasteiger partial charge in [-0.25, -0.2) is 0 Å². The molecule has 0 radical (unpaired) electrons. The average Bonchev–Trinajstić information content (AvgIpc) is 2.68. The van der Waals surface area contributed by atoms with Crippen LogP contribution in [0.25, 0.3) is 0 Å². The third-order valence-electron chi connectivity index (χ3n) is 3.14. The summed E-state index contributed by atoms with van der Waals surface area (Å²) < 4.78 is 0. The van der Waals surface area contributed by atoms with Gasteiger partial charge in [0.2, 0.25) is 0 Å². The number of aromatic amines is 1. The first-order valence-corrected chi connectivity index (χ1v) is 6.51. The van der Waals surface area contributed by atoms with Crippen LogP contribution in [0.15, 0.2) is 0 Å². The summed E-state index contributed by atoms with van der Waals surface area (Å²) in [4.78, 5) is 12.0. The van der Waals surface area contributed by atoms with Crippen LogP contribution in [-0.4, -0.2) is 34.4 Å². The zero-order valence-corrected chi connectivity index (χ0v) is 12.1. The summed E-state index contributed by atoms with van der Waals surface area (Å²) in [6, 6.07) is 0. The van der Waals surface area contributed by atoms with E-state index in [2.05, 4.69) is 15.5 Å². The van der Waals surface area contributed by atoms with Gasteiger partial charge in [-0.2, -0.15) is 5.10 Å². The molecule has 0 spiro atoms. The van der Waals surface area contributed by atoms with Crippen molar-refractivity contribution in [3.63, 3.8) is 0 Å². The fourth-order valence-corrected chi connectivity index (χ4v) is 1.77. The molecule has 6 nitrogen and oxygen atoms in total. The molecule has 0 aliphatic carbocycles. The van der Waals surface area contributed by atoms with Crippen LogP contribution in [0.5, 0.6) is 0 Å². The molecule has 1 heterocycles. The fourth-order valence-electron chi connectivity index (χ4n) is 1.77. The number of aliphatic hydroxyl groups is 1. The largest absolute Gasteiger partial charge is 0.396 e. The molecule has 0 atom stereocenters. The van der Waals surface area contributed by atoms with Gasteiger partial charge in [-0.1, -0.05) is 27.7 Å². The highest BCUT2D eigenvalue weighted by Gasteiger charge is 2.22. The number of H-pyrrole nitrogens is 1. The predicted molar refractivity (Wildman–Crippen MR) is 74.9 cm³/mol. The molecule has 1 aromatic rings. The Balaban J connectivity index is 2.69. The number of carbonyl (C=O) groups excluding carboxylic acids is 1. The van der Waals surface area contributed by atoms with Crippen molar-refractivity contribution in [3.8, 4) is 0 Å². The Bertz CT molecular complexity index is 438. The minimum atomic E-state index is -0.285. The topological polar surface area (TPSA) is 104 Å². The molecule has 0 unspecified atom stereocenters. The second kappa shape index (κ2) is 6.06. The normalized spacial score (nSPS) is 11.9. The summed E-state index contributed by atoms with van der Waals surface area (Å²) in [7, 11) is 0. The SMILES string of the molecule is CC(C)c1[nH]nc(C(=O)NCC(C)(C)CCO)c1N. The van der Waals surface area contributed by atoms with E-state index in [1.165, 1.54) is 0 Å². The molecular formula is C13H24N4O2. The van der Waals surface area contributed by atoms with E-state index >= 15 is 0 Å². The summed E-state index contributed by atoms with van der Waals surface area (Å²) in [6.45, 7) is 8.50. The molecule has 0 fully saturated rings. The number of hydrogen-bond donors (Lipinski definition) is 4. The van der Waals surface area contributed by atoms with Gasteiger partial charge in [0.1, 0.15) is 0 Å². The number of amides is 1. The molecule has 0 aliphatic heterocycles. The van der Waals surface area contributed by atoms with Crippen LogP contribution in [-0.2, 0) is 0 Å². The van der Waals surface area contributed by atoms with E-state index in [1.807, 2.05) is 27.7 Å². The first kappa shape index (κ1) is 15.5. The third-order valence-corrected chi connectivity index (χ3v) is 3.14. The number of aromatic nitrogens is 2. The Morgan fingerprint density at radius 3 is 2.63 bits per heavy atom. The van der Waals surface area contributed by atoms with E-state index in [4.69, 9.17) is 10.8 Å². The van der Waals surface area contributed by atoms with Crippen LogP contribution in [0.3, 0.4) is 0 Å². The molecule has 19 heavy (non-hydrogen) atoms. The molecule has 0 aromatic carbocycles. The number of rotatable bonds is 6. The molecule has 1 amide bonds. The van der Waals surface area contributed by atoms with Gasteiger partial charge in [0.25, 0.3) is 5.91 Å². The molecule has 1 aromatic heterocycles. The lowest BCUT2D eigenvalue weighted by molar-refractivity contribution is 0.0924. The van der Waals surface area contributed by atoms with Gasteiger partial charge in [0.05, 0.1) is 11.4 Å². The fraction of sp³-hybridized carbons (Fsp3) is 0.692. The van der Waals surface area contributed by atoms with Crippen molar-refractivity contribution in [2.45, 2.75) is 40.0 Å². The Labute approximate surface area is 113 Å². The number of nitrogens with zero attached hydrogens (tertiary/aromatic N) is 1. The van der Waals surface area contributed by atoms with Crippen molar-refractivity contribution in [2.75, 3.05) is 18.9 Å². The lowest BCUT2D eigenvalue weighted by Gasteiger charge is -2.23. The summed E-state index contributed by atoms with van der Waals surface area (Å²) in [5, 5.41) is 18.5. The first-order valence-electron chi connectivity index (χ1n) is 6.51. The molecule has 0 saturated carbocycles. The van der Waals surface area contributed by atoms with Gasteiger partial charge in [-0.3, -0.25) is 9.89 Å². The van der Waals surface area contributed by atoms with Crippen molar-refractivity contribution in [3.05, 3.63) is 11.4 Å². The summed E-state index contributed by atoms with van der Waals surface area (Å²) in [5.41, 5.74) is 7.18. The van der Waals surface area contributed by atoms with Crippen molar-refractivity contribution in [1.29, 1.82) is 0 Å². The highest BCUT2D eigenvalue weighted by Crippen LogP contribution is 2.22. The monoisotopic (exact) mass is 268 g/mol. The average molecular weight is 268 g/mol. The molecule has 108 valence electrons. The predicted octanol–water partition coefficient (Wildman–Crippen LogP) is 1.25. The minimum absolute atomic E-state index is 0.102. The maximum Gasteiger partial charge on any atom is 0.273 e. The lowest BCUT2D eigenvalue weighted by atomic mass is 9.90. The Hall–Kier alpha value is -1.56. The van der Waals surface area contributed by atoms with Crippen LogP contribution in [0, 0.1) is 5.41 Å². The number of nitrogens with one attached hydrogen (secondary N) is 2. The Kier molecular flexibility index (Phi) is 4.94. The van der Waals surface area contributed by atoms with Gasteiger partial charge in [-0.15, -0.1) is 0 Å². The third kappa shape index (κ3) is 3.96. The van der Waals surface area contributed by atoms with Crippen LogP contribution < -0.4 is 11.1 Å². The maximum absolute atomic E-state index is 12.0. The molecule has 0 aliphatic rings. The summed E-state index contributed by atoms with van der Waals surface area (Å²) in [6.07, 6.45) is 0.626. The summed E-state index contributed by atoms with van der Waals surface area (Å²) >= 11 is 0.